The number of ether oxygens (including phenoxy) is 1. The third-order valence-corrected chi connectivity index (χ3v) is 6.07. The lowest BCUT2D eigenvalue weighted by molar-refractivity contribution is 0.103. The van der Waals surface area contributed by atoms with Gasteiger partial charge in [-0.3, -0.25) is 14.8 Å². The summed E-state index contributed by atoms with van der Waals surface area (Å²) < 4.78 is 6.01. The zero-order valence-electron chi connectivity index (χ0n) is 17.6. The minimum atomic E-state index is -0.371. The van der Waals surface area contributed by atoms with Crippen molar-refractivity contribution in [1.82, 2.24) is 9.97 Å². The van der Waals surface area contributed by atoms with Gasteiger partial charge in [-0.2, -0.15) is 0 Å². The first-order chi connectivity index (χ1) is 15.0. The topological polar surface area (TPSA) is 67.3 Å². The van der Waals surface area contributed by atoms with E-state index in [1.54, 1.807) is 12.4 Å². The molecule has 0 saturated carbocycles. The standard InChI is InChI=1S/C26H23N3O2/c1-26(2)21-13-18(31-15-16-8-10-28-11-9-16)5-7-19(21)24(30)23-20-6-4-17(14-27-3)12-22(20)29-25(23)26/h4-13,29H,3,14-15H2,1-2H3. The fourth-order valence-corrected chi connectivity index (χ4v) is 4.42. The third-order valence-electron chi connectivity index (χ3n) is 6.07. The molecule has 154 valence electrons. The van der Waals surface area contributed by atoms with Crippen LogP contribution in [0.4, 0.5) is 0 Å². The highest BCUT2D eigenvalue weighted by Gasteiger charge is 2.39. The number of benzene rings is 2. The van der Waals surface area contributed by atoms with Crippen LogP contribution < -0.4 is 4.74 Å². The third kappa shape index (κ3) is 3.13. The maximum absolute atomic E-state index is 13.5. The van der Waals surface area contributed by atoms with Crippen molar-refractivity contribution in [2.24, 2.45) is 4.99 Å². The van der Waals surface area contributed by atoms with Gasteiger partial charge in [0.2, 0.25) is 0 Å². The van der Waals surface area contributed by atoms with Crippen LogP contribution in [-0.4, -0.2) is 22.5 Å². The van der Waals surface area contributed by atoms with Crippen LogP contribution in [-0.2, 0) is 18.6 Å². The zero-order chi connectivity index (χ0) is 21.6. The molecular formula is C26H23N3O2. The number of aliphatic imine (C=N–C) groups is 1. The predicted molar refractivity (Wildman–Crippen MR) is 122 cm³/mol. The number of hydrogen-bond donors (Lipinski definition) is 1. The Bertz CT molecular complexity index is 1320. The van der Waals surface area contributed by atoms with Crippen LogP contribution in [0.2, 0.25) is 0 Å². The lowest BCUT2D eigenvalue weighted by Gasteiger charge is -2.32. The molecule has 5 nitrogen and oxygen atoms in total. The molecule has 5 heteroatoms. The molecule has 0 spiro atoms. The van der Waals surface area contributed by atoms with Gasteiger partial charge in [0.25, 0.3) is 0 Å². The summed E-state index contributed by atoms with van der Waals surface area (Å²) in [7, 11) is 0. The Morgan fingerprint density at radius 3 is 2.65 bits per heavy atom. The summed E-state index contributed by atoms with van der Waals surface area (Å²) in [4.78, 5) is 25.0. The summed E-state index contributed by atoms with van der Waals surface area (Å²) in [6.45, 7) is 8.87. The van der Waals surface area contributed by atoms with Crippen molar-refractivity contribution in [3.05, 3.63) is 94.4 Å². The number of nitrogens with one attached hydrogen (secondary N) is 1. The van der Waals surface area contributed by atoms with Gasteiger partial charge in [0, 0.05) is 40.0 Å². The quantitative estimate of drug-likeness (QED) is 0.460. The highest BCUT2D eigenvalue weighted by Crippen LogP contribution is 2.44. The van der Waals surface area contributed by atoms with Gasteiger partial charge >= 0.3 is 0 Å². The average molecular weight is 409 g/mol. The molecule has 0 atom stereocenters. The molecular weight excluding hydrogens is 386 g/mol. The van der Waals surface area contributed by atoms with Crippen LogP contribution in [0.25, 0.3) is 10.9 Å². The van der Waals surface area contributed by atoms with Gasteiger partial charge in [0.15, 0.2) is 5.78 Å². The molecule has 2 heterocycles. The number of hydrogen-bond acceptors (Lipinski definition) is 4. The van der Waals surface area contributed by atoms with E-state index in [0.29, 0.717) is 13.2 Å². The fraction of sp³-hybridized carbons (Fsp3) is 0.192. The van der Waals surface area contributed by atoms with Crippen LogP contribution in [0.1, 0.15) is 52.2 Å². The van der Waals surface area contributed by atoms with Crippen LogP contribution in [0.5, 0.6) is 5.75 Å². The van der Waals surface area contributed by atoms with Crippen LogP contribution in [0.3, 0.4) is 0 Å². The van der Waals surface area contributed by atoms with E-state index in [-0.39, 0.29) is 11.2 Å². The van der Waals surface area contributed by atoms with E-state index in [1.807, 2.05) is 42.5 Å². The molecule has 1 aliphatic rings. The predicted octanol–water partition coefficient (Wildman–Crippen LogP) is 5.21. The summed E-state index contributed by atoms with van der Waals surface area (Å²) >= 11 is 0. The Balaban J connectivity index is 1.56. The lowest BCUT2D eigenvalue weighted by atomic mass is 9.71. The molecule has 0 fully saturated rings. The molecule has 0 bridgehead atoms. The first kappa shape index (κ1) is 19.2. The van der Waals surface area contributed by atoms with Crippen LogP contribution in [0.15, 0.2) is 65.9 Å². The normalized spacial score (nSPS) is 14.2. The van der Waals surface area contributed by atoms with Gasteiger partial charge < -0.3 is 9.72 Å². The number of nitrogens with zero attached hydrogens (tertiary/aromatic N) is 2. The summed E-state index contributed by atoms with van der Waals surface area (Å²) in [5.41, 5.74) is 6.09. The SMILES string of the molecule is C=NCc1ccc2c3c([nH]c2c1)C(C)(C)c1cc(OCc2ccncc2)ccc1C3=O. The molecule has 0 unspecified atom stereocenters. The van der Waals surface area contributed by atoms with Crippen molar-refractivity contribution < 1.29 is 9.53 Å². The van der Waals surface area contributed by atoms with Crippen molar-refractivity contribution in [3.8, 4) is 5.75 Å². The smallest absolute Gasteiger partial charge is 0.195 e. The lowest BCUT2D eigenvalue weighted by Crippen LogP contribution is -2.30. The number of aromatic nitrogens is 2. The fourth-order valence-electron chi connectivity index (χ4n) is 4.42. The average Bonchev–Trinajstić information content (AvgIpc) is 3.17. The van der Waals surface area contributed by atoms with E-state index in [2.05, 4.69) is 41.6 Å². The molecule has 1 aliphatic carbocycles. The van der Waals surface area contributed by atoms with Gasteiger partial charge in [-0.05, 0) is 59.8 Å². The molecule has 4 aromatic rings. The summed E-state index contributed by atoms with van der Waals surface area (Å²) in [6.07, 6.45) is 3.50. The van der Waals surface area contributed by atoms with E-state index >= 15 is 0 Å². The van der Waals surface area contributed by atoms with Gasteiger partial charge in [0.1, 0.15) is 12.4 Å². The molecule has 0 aliphatic heterocycles. The summed E-state index contributed by atoms with van der Waals surface area (Å²) in [6, 6.07) is 15.7. The molecule has 0 radical (unpaired) electrons. The van der Waals surface area contributed by atoms with E-state index in [1.165, 1.54) is 0 Å². The highest BCUT2D eigenvalue weighted by atomic mass is 16.5. The second-order valence-electron chi connectivity index (χ2n) is 8.44. The maximum atomic E-state index is 13.5. The number of pyridine rings is 1. The minimum Gasteiger partial charge on any atom is -0.489 e. The Morgan fingerprint density at radius 1 is 1.06 bits per heavy atom. The Kier molecular flexibility index (Phi) is 4.47. The van der Waals surface area contributed by atoms with Crippen molar-refractivity contribution in [3.63, 3.8) is 0 Å². The van der Waals surface area contributed by atoms with Crippen LogP contribution in [0, 0.1) is 0 Å². The Morgan fingerprint density at radius 2 is 1.87 bits per heavy atom. The summed E-state index contributed by atoms with van der Waals surface area (Å²) in [5.74, 6) is 0.793. The molecule has 2 aromatic heterocycles. The number of aromatic amines is 1. The van der Waals surface area contributed by atoms with Crippen molar-refractivity contribution >= 4 is 23.4 Å². The Labute approximate surface area is 180 Å². The highest BCUT2D eigenvalue weighted by molar-refractivity contribution is 6.20. The first-order valence-corrected chi connectivity index (χ1v) is 10.3. The number of rotatable bonds is 5. The Hall–Kier alpha value is -3.73. The molecule has 0 saturated heterocycles. The maximum Gasteiger partial charge on any atom is 0.195 e. The summed E-state index contributed by atoms with van der Waals surface area (Å²) in [5, 5.41) is 0.949. The molecule has 1 N–H and O–H groups in total. The van der Waals surface area contributed by atoms with Crippen molar-refractivity contribution in [2.45, 2.75) is 32.4 Å². The number of ketones is 1. The minimum absolute atomic E-state index is 0.0471. The number of carbonyl (C=O) groups excluding carboxylic acids is 1. The second-order valence-corrected chi connectivity index (χ2v) is 8.44. The van der Waals surface area contributed by atoms with Crippen LogP contribution >= 0.6 is 0 Å². The largest absolute Gasteiger partial charge is 0.489 e. The molecule has 2 aromatic carbocycles. The number of fused-ring (bicyclic) bond motifs is 4. The first-order valence-electron chi connectivity index (χ1n) is 10.3. The monoisotopic (exact) mass is 409 g/mol. The van der Waals surface area contributed by atoms with Gasteiger partial charge in [-0.1, -0.05) is 26.0 Å². The van der Waals surface area contributed by atoms with Gasteiger partial charge in [-0.15, -0.1) is 0 Å². The molecule has 31 heavy (non-hydrogen) atoms. The van der Waals surface area contributed by atoms with E-state index in [0.717, 1.165) is 50.2 Å². The number of H-pyrrole nitrogens is 1. The van der Waals surface area contributed by atoms with Gasteiger partial charge in [0.05, 0.1) is 12.1 Å². The van der Waals surface area contributed by atoms with Gasteiger partial charge in [-0.25, -0.2) is 0 Å². The van der Waals surface area contributed by atoms with E-state index < -0.39 is 0 Å². The van der Waals surface area contributed by atoms with E-state index in [9.17, 15) is 4.79 Å². The van der Waals surface area contributed by atoms with E-state index in [4.69, 9.17) is 4.74 Å². The molecule has 5 rings (SSSR count). The van der Waals surface area contributed by atoms with Crippen molar-refractivity contribution in [1.29, 1.82) is 0 Å². The number of carbonyl (C=O) groups is 1. The molecule has 0 amide bonds. The second kappa shape index (κ2) is 7.20. The van der Waals surface area contributed by atoms with Crippen molar-refractivity contribution in [2.75, 3.05) is 0 Å². The zero-order valence-corrected chi connectivity index (χ0v) is 17.6.